The van der Waals surface area contributed by atoms with Crippen LogP contribution in [0.3, 0.4) is 0 Å². The third-order valence-corrected chi connectivity index (χ3v) is 8.02. The molecule has 1 aliphatic carbocycles. The quantitative estimate of drug-likeness (QED) is 0.331. The molecule has 1 saturated carbocycles. The molecule has 0 atom stereocenters. The Balaban J connectivity index is 1.41. The fourth-order valence-corrected chi connectivity index (χ4v) is 5.37. The zero-order valence-corrected chi connectivity index (χ0v) is 20.6. The van der Waals surface area contributed by atoms with Gasteiger partial charge in [-0.1, -0.05) is 67.0 Å². The number of aryl methyl sites for hydroxylation is 1. The molecule has 11 heteroatoms. The first-order valence-corrected chi connectivity index (χ1v) is 13.5. The summed E-state index contributed by atoms with van der Waals surface area (Å²) in [6, 6.07) is 15.7. The van der Waals surface area contributed by atoms with Crippen molar-refractivity contribution in [1.29, 1.82) is 0 Å². The van der Waals surface area contributed by atoms with Crippen LogP contribution >= 0.6 is 0 Å². The molecule has 0 unspecified atom stereocenters. The maximum absolute atomic E-state index is 12.8. The molecular formula is C25H26N6O4S. The number of benzene rings is 2. The zero-order valence-electron chi connectivity index (χ0n) is 19.8. The lowest BCUT2D eigenvalue weighted by molar-refractivity contribution is 0.0944. The smallest absolute Gasteiger partial charge is 0.303 e. The first-order chi connectivity index (χ1) is 17.5. The molecule has 1 amide bonds. The third-order valence-electron chi connectivity index (χ3n) is 6.20. The van der Waals surface area contributed by atoms with Crippen LogP contribution < -0.4 is 4.72 Å². The second kappa shape index (κ2) is 10.0. The van der Waals surface area contributed by atoms with E-state index in [1.807, 2.05) is 48.5 Å². The molecule has 0 bridgehead atoms. The van der Waals surface area contributed by atoms with E-state index in [2.05, 4.69) is 37.4 Å². The fraction of sp³-hybridized carbons (Fsp3) is 0.320. The summed E-state index contributed by atoms with van der Waals surface area (Å²) in [5.41, 5.74) is 5.03. The highest BCUT2D eigenvalue weighted by atomic mass is 32.2. The van der Waals surface area contributed by atoms with Gasteiger partial charge in [0.15, 0.2) is 0 Å². The van der Waals surface area contributed by atoms with Crippen LogP contribution in [-0.2, 0) is 22.9 Å². The minimum absolute atomic E-state index is 0.0446. The molecule has 36 heavy (non-hydrogen) atoms. The van der Waals surface area contributed by atoms with Crippen LogP contribution in [-0.4, -0.2) is 45.4 Å². The van der Waals surface area contributed by atoms with Gasteiger partial charge in [0, 0.05) is 17.5 Å². The Morgan fingerprint density at radius 2 is 1.86 bits per heavy atom. The molecule has 0 saturated heterocycles. The van der Waals surface area contributed by atoms with Gasteiger partial charge >= 0.3 is 5.91 Å². The minimum atomic E-state index is -3.70. The predicted octanol–water partition coefficient (Wildman–Crippen LogP) is 3.68. The van der Waals surface area contributed by atoms with Gasteiger partial charge in [0.25, 0.3) is 0 Å². The van der Waals surface area contributed by atoms with E-state index in [1.165, 1.54) is 0 Å². The largest absolute Gasteiger partial charge is 0.350 e. The predicted molar refractivity (Wildman–Crippen MR) is 132 cm³/mol. The number of carbonyl (C=O) groups excluding carboxylic acids is 1. The number of aromatic amines is 1. The van der Waals surface area contributed by atoms with Crippen LogP contribution in [0.4, 0.5) is 0 Å². The van der Waals surface area contributed by atoms with Gasteiger partial charge in [0.2, 0.25) is 21.6 Å². The molecule has 2 aromatic heterocycles. The van der Waals surface area contributed by atoms with E-state index in [4.69, 9.17) is 4.52 Å². The molecule has 5 rings (SSSR count). The monoisotopic (exact) mass is 506 g/mol. The molecule has 4 aromatic rings. The van der Waals surface area contributed by atoms with E-state index >= 15 is 0 Å². The molecule has 2 heterocycles. The highest BCUT2D eigenvalue weighted by molar-refractivity contribution is 7.91. The van der Waals surface area contributed by atoms with Crippen molar-refractivity contribution in [2.75, 3.05) is 0 Å². The van der Waals surface area contributed by atoms with Gasteiger partial charge in [-0.05, 0) is 47.6 Å². The Hall–Kier alpha value is -3.86. The number of tetrazole rings is 1. The lowest BCUT2D eigenvalue weighted by atomic mass is 9.95. The first kappa shape index (κ1) is 23.9. The highest BCUT2D eigenvalue weighted by Gasteiger charge is 2.38. The van der Waals surface area contributed by atoms with Gasteiger partial charge in [-0.15, -0.1) is 10.2 Å². The van der Waals surface area contributed by atoms with Crippen molar-refractivity contribution in [2.24, 2.45) is 0 Å². The molecule has 10 nitrogen and oxygen atoms in total. The number of unbranched alkanes of at least 4 members (excludes halogenated alkanes) is 1. The molecule has 2 N–H and O–H groups in total. The minimum Gasteiger partial charge on any atom is -0.350 e. The van der Waals surface area contributed by atoms with Crippen molar-refractivity contribution in [3.63, 3.8) is 0 Å². The summed E-state index contributed by atoms with van der Waals surface area (Å²) in [5.74, 6) is -0.300. The average molecular weight is 507 g/mol. The molecule has 1 fully saturated rings. The van der Waals surface area contributed by atoms with Crippen molar-refractivity contribution in [3.8, 4) is 22.5 Å². The summed E-state index contributed by atoms with van der Waals surface area (Å²) in [7, 11) is -3.70. The number of carbonyl (C=O) groups is 1. The lowest BCUT2D eigenvalue weighted by Crippen LogP contribution is -2.33. The number of rotatable bonds is 10. The maximum atomic E-state index is 12.8. The van der Waals surface area contributed by atoms with Gasteiger partial charge < -0.3 is 4.52 Å². The van der Waals surface area contributed by atoms with Crippen LogP contribution in [0, 0.1) is 0 Å². The van der Waals surface area contributed by atoms with Crippen LogP contribution in [0.2, 0.25) is 0 Å². The number of H-pyrrole nitrogens is 1. The van der Waals surface area contributed by atoms with Gasteiger partial charge in [0.1, 0.15) is 0 Å². The molecule has 186 valence electrons. The first-order valence-electron chi connectivity index (χ1n) is 11.9. The molecular weight excluding hydrogens is 480 g/mol. The Kier molecular flexibility index (Phi) is 6.64. The van der Waals surface area contributed by atoms with Crippen LogP contribution in [0.25, 0.3) is 22.5 Å². The maximum Gasteiger partial charge on any atom is 0.303 e. The summed E-state index contributed by atoms with van der Waals surface area (Å²) >= 11 is 0. The van der Waals surface area contributed by atoms with Crippen molar-refractivity contribution < 1.29 is 17.7 Å². The number of sulfonamides is 1. The highest BCUT2D eigenvalue weighted by Crippen LogP contribution is 2.31. The van der Waals surface area contributed by atoms with Gasteiger partial charge in [-0.2, -0.15) is 5.21 Å². The summed E-state index contributed by atoms with van der Waals surface area (Å²) in [6.45, 7) is 2.07. The lowest BCUT2D eigenvalue weighted by Gasteiger charge is -2.09. The average Bonchev–Trinajstić information content (AvgIpc) is 3.48. The molecule has 0 spiro atoms. The van der Waals surface area contributed by atoms with E-state index in [0.717, 1.165) is 35.1 Å². The molecule has 0 aliphatic heterocycles. The number of nitrogens with zero attached hydrogens (tertiary/aromatic N) is 4. The second-order valence-electron chi connectivity index (χ2n) is 8.87. The van der Waals surface area contributed by atoms with E-state index in [0.29, 0.717) is 42.8 Å². The molecule has 0 radical (unpaired) electrons. The normalized spacial score (nSPS) is 13.6. The fourth-order valence-electron chi connectivity index (χ4n) is 4.09. The molecule has 2 aromatic carbocycles. The van der Waals surface area contributed by atoms with Crippen LogP contribution in [0.15, 0.2) is 53.1 Å². The van der Waals surface area contributed by atoms with Crippen molar-refractivity contribution in [2.45, 2.75) is 50.7 Å². The van der Waals surface area contributed by atoms with Crippen LogP contribution in [0.1, 0.15) is 60.0 Å². The van der Waals surface area contributed by atoms with E-state index in [9.17, 15) is 13.2 Å². The van der Waals surface area contributed by atoms with Crippen LogP contribution in [0.5, 0.6) is 0 Å². The van der Waals surface area contributed by atoms with Crippen molar-refractivity contribution >= 4 is 15.9 Å². The third kappa shape index (κ3) is 5.06. The summed E-state index contributed by atoms with van der Waals surface area (Å²) in [4.78, 5) is 12.8. The number of hydrogen-bond acceptors (Lipinski definition) is 8. The molecule has 1 aliphatic rings. The van der Waals surface area contributed by atoms with E-state index in [1.54, 1.807) is 0 Å². The van der Waals surface area contributed by atoms with Crippen molar-refractivity contribution in [3.05, 3.63) is 71.1 Å². The number of amides is 1. The zero-order chi connectivity index (χ0) is 25.1. The van der Waals surface area contributed by atoms with E-state index in [-0.39, 0.29) is 5.76 Å². The van der Waals surface area contributed by atoms with E-state index < -0.39 is 21.2 Å². The van der Waals surface area contributed by atoms with Crippen molar-refractivity contribution in [1.82, 2.24) is 30.5 Å². The summed E-state index contributed by atoms with van der Waals surface area (Å²) in [5, 5.41) is 17.9. The SMILES string of the molecule is CCCCc1noc(C(=O)NS(=O)(=O)C2CC2)c1Cc1ccc(-c2ccccc2-c2nn[nH]n2)cc1. The Bertz CT molecular complexity index is 1460. The number of nitrogens with one attached hydrogen (secondary N) is 2. The number of aromatic nitrogens is 5. The Morgan fingerprint density at radius 3 is 2.53 bits per heavy atom. The van der Waals surface area contributed by atoms with Gasteiger partial charge in [0.05, 0.1) is 10.9 Å². The number of hydrogen-bond donors (Lipinski definition) is 2. The Labute approximate surface area is 208 Å². The second-order valence-corrected chi connectivity index (χ2v) is 10.8. The van der Waals surface area contributed by atoms with Gasteiger partial charge in [-0.25, -0.2) is 13.1 Å². The van der Waals surface area contributed by atoms with Gasteiger partial charge in [-0.3, -0.25) is 4.79 Å². The topological polar surface area (TPSA) is 144 Å². The summed E-state index contributed by atoms with van der Waals surface area (Å²) in [6.07, 6.45) is 4.01. The Morgan fingerprint density at radius 1 is 1.11 bits per heavy atom. The standard InChI is InChI=1S/C25H26N6O4S/c1-2-3-8-22-21(23(35-28-22)25(32)29-36(33,34)18-13-14-18)15-16-9-11-17(12-10-16)19-6-4-5-7-20(19)24-26-30-31-27-24/h4-7,9-12,18H,2-3,8,13-15H2,1H3,(H,29,32)(H,26,27,30,31). The summed E-state index contributed by atoms with van der Waals surface area (Å²) < 4.78 is 32.1.